The van der Waals surface area contributed by atoms with Crippen LogP contribution in [0.3, 0.4) is 0 Å². The van der Waals surface area contributed by atoms with Gasteiger partial charge in [-0.2, -0.15) is 0 Å². The molecule has 0 bridgehead atoms. The van der Waals surface area contributed by atoms with Crippen molar-refractivity contribution in [3.63, 3.8) is 0 Å². The van der Waals surface area contributed by atoms with Crippen molar-refractivity contribution in [1.82, 2.24) is 9.88 Å². The quantitative estimate of drug-likeness (QED) is 0.806. The van der Waals surface area contributed by atoms with Crippen LogP contribution >= 0.6 is 0 Å². The highest BCUT2D eigenvalue weighted by Crippen LogP contribution is 2.26. The second kappa shape index (κ2) is 5.67. The number of amides is 1. The van der Waals surface area contributed by atoms with Crippen molar-refractivity contribution in [2.75, 3.05) is 26.3 Å². The van der Waals surface area contributed by atoms with E-state index >= 15 is 0 Å². The van der Waals surface area contributed by atoms with Gasteiger partial charge in [-0.25, -0.2) is 0 Å². The Labute approximate surface area is 112 Å². The Morgan fingerprint density at radius 3 is 2.42 bits per heavy atom. The second-order valence-corrected chi connectivity index (χ2v) is 4.98. The molecule has 0 aromatic carbocycles. The molecule has 0 N–H and O–H groups in total. The van der Waals surface area contributed by atoms with E-state index in [2.05, 4.69) is 4.98 Å². The molecule has 3 rings (SSSR count). The zero-order chi connectivity index (χ0) is 13.1. The highest BCUT2D eigenvalue weighted by molar-refractivity contribution is 5.94. The fourth-order valence-corrected chi connectivity index (χ4v) is 2.70. The van der Waals surface area contributed by atoms with E-state index in [1.807, 2.05) is 4.90 Å². The van der Waals surface area contributed by atoms with Crippen LogP contribution < -0.4 is 0 Å². The smallest absolute Gasteiger partial charge is 0.253 e. The highest BCUT2D eigenvalue weighted by atomic mass is 16.7. The number of hydrogen-bond acceptors (Lipinski definition) is 4. The lowest BCUT2D eigenvalue weighted by molar-refractivity contribution is -0.0956. The first-order valence-electron chi connectivity index (χ1n) is 6.77. The topological polar surface area (TPSA) is 51.7 Å². The Hall–Kier alpha value is -1.46. The zero-order valence-corrected chi connectivity index (χ0v) is 10.8. The van der Waals surface area contributed by atoms with E-state index in [1.165, 1.54) is 0 Å². The van der Waals surface area contributed by atoms with Crippen molar-refractivity contribution >= 4 is 5.91 Å². The molecular formula is C14H18N2O3. The lowest BCUT2D eigenvalue weighted by Gasteiger charge is -2.33. The molecule has 0 aliphatic carbocycles. The third-order valence-electron chi connectivity index (χ3n) is 3.79. The van der Waals surface area contributed by atoms with Crippen molar-refractivity contribution in [1.29, 1.82) is 0 Å². The summed E-state index contributed by atoms with van der Waals surface area (Å²) in [6, 6.07) is 3.52. The lowest BCUT2D eigenvalue weighted by atomic mass is 9.96. The van der Waals surface area contributed by atoms with Gasteiger partial charge >= 0.3 is 0 Å². The van der Waals surface area contributed by atoms with E-state index in [4.69, 9.17) is 9.47 Å². The zero-order valence-electron chi connectivity index (χ0n) is 10.8. The molecule has 5 nitrogen and oxygen atoms in total. The Morgan fingerprint density at radius 1 is 1.16 bits per heavy atom. The van der Waals surface area contributed by atoms with Crippen LogP contribution in [0.5, 0.6) is 0 Å². The summed E-state index contributed by atoms with van der Waals surface area (Å²) in [5, 5.41) is 0. The van der Waals surface area contributed by atoms with Crippen LogP contribution in [0, 0.1) is 5.92 Å². The molecule has 0 unspecified atom stereocenters. The third-order valence-corrected chi connectivity index (χ3v) is 3.79. The maximum atomic E-state index is 12.3. The number of carbonyl (C=O) groups excluding carboxylic acids is 1. The fourth-order valence-electron chi connectivity index (χ4n) is 2.70. The van der Waals surface area contributed by atoms with Gasteiger partial charge in [0.2, 0.25) is 0 Å². The molecule has 2 saturated heterocycles. The minimum Gasteiger partial charge on any atom is -0.350 e. The number of piperidine rings is 1. The SMILES string of the molecule is O=C(c1ccncc1)N1CCC(C2OCCO2)CC1. The van der Waals surface area contributed by atoms with E-state index in [9.17, 15) is 4.79 Å². The molecule has 0 atom stereocenters. The maximum absolute atomic E-state index is 12.3. The van der Waals surface area contributed by atoms with Gasteiger partial charge in [0.1, 0.15) is 0 Å². The standard InChI is InChI=1S/C14H18N2O3/c17-13(11-1-5-15-6-2-11)16-7-3-12(4-8-16)14-18-9-10-19-14/h1-2,5-6,12,14H,3-4,7-10H2. The van der Waals surface area contributed by atoms with Gasteiger partial charge in [-0.1, -0.05) is 0 Å². The summed E-state index contributed by atoms with van der Waals surface area (Å²) < 4.78 is 11.1. The van der Waals surface area contributed by atoms with E-state index < -0.39 is 0 Å². The number of rotatable bonds is 2. The van der Waals surface area contributed by atoms with Gasteiger partial charge in [0.25, 0.3) is 5.91 Å². The number of aromatic nitrogens is 1. The Balaban J connectivity index is 1.56. The van der Waals surface area contributed by atoms with Crippen LogP contribution in [0.2, 0.25) is 0 Å². The maximum Gasteiger partial charge on any atom is 0.253 e. The lowest BCUT2D eigenvalue weighted by Crippen LogP contribution is -2.41. The van der Waals surface area contributed by atoms with Crippen molar-refractivity contribution in [3.05, 3.63) is 30.1 Å². The van der Waals surface area contributed by atoms with E-state index in [1.54, 1.807) is 24.5 Å². The van der Waals surface area contributed by atoms with Gasteiger partial charge in [0.05, 0.1) is 13.2 Å². The normalized spacial score (nSPS) is 21.8. The number of pyridine rings is 1. The van der Waals surface area contributed by atoms with Crippen LogP contribution in [0.15, 0.2) is 24.5 Å². The van der Waals surface area contributed by atoms with Gasteiger partial charge in [-0.05, 0) is 25.0 Å². The third kappa shape index (κ3) is 2.77. The Bertz CT molecular complexity index is 424. The summed E-state index contributed by atoms with van der Waals surface area (Å²) >= 11 is 0. The Morgan fingerprint density at radius 2 is 1.79 bits per heavy atom. The molecule has 1 aromatic heterocycles. The highest BCUT2D eigenvalue weighted by Gasteiger charge is 2.31. The molecule has 1 aromatic rings. The Kier molecular flexibility index (Phi) is 3.75. The molecule has 0 radical (unpaired) electrons. The number of carbonyl (C=O) groups is 1. The summed E-state index contributed by atoms with van der Waals surface area (Å²) in [7, 11) is 0. The van der Waals surface area contributed by atoms with Crippen LogP contribution in [0.4, 0.5) is 0 Å². The molecule has 102 valence electrons. The summed E-state index contributed by atoms with van der Waals surface area (Å²) in [5.41, 5.74) is 0.710. The number of hydrogen-bond donors (Lipinski definition) is 0. The first kappa shape index (κ1) is 12.6. The van der Waals surface area contributed by atoms with Gasteiger partial charge in [-0.3, -0.25) is 9.78 Å². The van der Waals surface area contributed by atoms with E-state index in [0.717, 1.165) is 25.9 Å². The van der Waals surface area contributed by atoms with Crippen LogP contribution in [-0.2, 0) is 9.47 Å². The molecule has 2 fully saturated rings. The number of nitrogens with zero attached hydrogens (tertiary/aromatic N) is 2. The van der Waals surface area contributed by atoms with E-state index in [0.29, 0.717) is 24.7 Å². The summed E-state index contributed by atoms with van der Waals surface area (Å²) in [6.45, 7) is 2.94. The largest absolute Gasteiger partial charge is 0.350 e. The summed E-state index contributed by atoms with van der Waals surface area (Å²) in [4.78, 5) is 18.1. The predicted molar refractivity (Wildman–Crippen MR) is 68.6 cm³/mol. The average Bonchev–Trinajstić information content (AvgIpc) is 3.02. The minimum absolute atomic E-state index is 0.0572. The van der Waals surface area contributed by atoms with Gasteiger partial charge in [0, 0.05) is 37.0 Å². The van der Waals surface area contributed by atoms with Gasteiger partial charge in [-0.15, -0.1) is 0 Å². The summed E-state index contributed by atoms with van der Waals surface area (Å²) in [5.74, 6) is 0.512. The first-order valence-corrected chi connectivity index (χ1v) is 6.77. The predicted octanol–water partition coefficient (Wildman–Crippen LogP) is 1.31. The molecule has 3 heterocycles. The fraction of sp³-hybridized carbons (Fsp3) is 0.571. The number of ether oxygens (including phenoxy) is 2. The van der Waals surface area contributed by atoms with E-state index in [-0.39, 0.29) is 12.2 Å². The van der Waals surface area contributed by atoms with Crippen LogP contribution in [0.1, 0.15) is 23.2 Å². The van der Waals surface area contributed by atoms with Gasteiger partial charge in [0.15, 0.2) is 6.29 Å². The minimum atomic E-state index is -0.0572. The molecule has 5 heteroatoms. The molecule has 2 aliphatic heterocycles. The van der Waals surface area contributed by atoms with Crippen LogP contribution in [0.25, 0.3) is 0 Å². The molecular weight excluding hydrogens is 244 g/mol. The van der Waals surface area contributed by atoms with Crippen molar-refractivity contribution in [2.24, 2.45) is 5.92 Å². The molecule has 2 aliphatic rings. The summed E-state index contributed by atoms with van der Waals surface area (Å²) in [6.07, 6.45) is 5.14. The van der Waals surface area contributed by atoms with Crippen molar-refractivity contribution < 1.29 is 14.3 Å². The monoisotopic (exact) mass is 262 g/mol. The van der Waals surface area contributed by atoms with Crippen LogP contribution in [-0.4, -0.2) is 48.4 Å². The first-order chi connectivity index (χ1) is 9.34. The van der Waals surface area contributed by atoms with Crippen molar-refractivity contribution in [3.8, 4) is 0 Å². The van der Waals surface area contributed by atoms with Gasteiger partial charge < -0.3 is 14.4 Å². The molecule has 1 amide bonds. The average molecular weight is 262 g/mol. The molecule has 0 spiro atoms. The number of likely N-dealkylation sites (tertiary alicyclic amines) is 1. The second-order valence-electron chi connectivity index (χ2n) is 4.98. The van der Waals surface area contributed by atoms with Crippen molar-refractivity contribution in [2.45, 2.75) is 19.1 Å². The molecule has 19 heavy (non-hydrogen) atoms. The molecule has 0 saturated carbocycles.